The van der Waals surface area contributed by atoms with E-state index in [4.69, 9.17) is 0 Å². The Hall–Kier alpha value is -3.00. The number of ketones is 1. The number of benzene rings is 1. The van der Waals surface area contributed by atoms with Crippen molar-refractivity contribution in [2.75, 3.05) is 27.2 Å². The van der Waals surface area contributed by atoms with Crippen molar-refractivity contribution in [1.29, 1.82) is 0 Å². The molecule has 8 heteroatoms. The SMILES string of the molecule is Cc1n[nH]c(C)c1/C(O)=C1\C(=O)C(=O)N(CCN(C)C)[C@H]1c1ccc(F)cc1. The maximum atomic E-state index is 13.4. The molecule has 0 aliphatic carbocycles. The van der Waals surface area contributed by atoms with Gasteiger partial charge in [0, 0.05) is 18.8 Å². The highest BCUT2D eigenvalue weighted by Crippen LogP contribution is 2.40. The highest BCUT2D eigenvalue weighted by Gasteiger charge is 2.46. The topological polar surface area (TPSA) is 89.5 Å². The maximum absolute atomic E-state index is 13.4. The Morgan fingerprint density at radius 3 is 2.43 bits per heavy atom. The predicted octanol–water partition coefficient (Wildman–Crippen LogP) is 2.15. The van der Waals surface area contributed by atoms with Gasteiger partial charge in [-0.2, -0.15) is 5.10 Å². The van der Waals surface area contributed by atoms with Crippen LogP contribution in [0.2, 0.25) is 0 Å². The second-order valence-corrected chi connectivity index (χ2v) is 7.16. The summed E-state index contributed by atoms with van der Waals surface area (Å²) in [4.78, 5) is 28.9. The summed E-state index contributed by atoms with van der Waals surface area (Å²) in [6, 6.07) is 4.80. The second-order valence-electron chi connectivity index (χ2n) is 7.16. The van der Waals surface area contributed by atoms with Gasteiger partial charge in [-0.1, -0.05) is 12.1 Å². The molecular weight excluding hydrogens is 363 g/mol. The lowest BCUT2D eigenvalue weighted by Gasteiger charge is -2.26. The van der Waals surface area contributed by atoms with Gasteiger partial charge >= 0.3 is 0 Å². The third kappa shape index (κ3) is 3.43. The Morgan fingerprint density at radius 1 is 1.25 bits per heavy atom. The molecule has 1 aliphatic rings. The number of amides is 1. The largest absolute Gasteiger partial charge is 0.507 e. The van der Waals surface area contributed by atoms with E-state index in [2.05, 4.69) is 10.2 Å². The van der Waals surface area contributed by atoms with Crippen LogP contribution in [0.1, 0.15) is 28.6 Å². The molecule has 1 fully saturated rings. The van der Waals surface area contributed by atoms with E-state index in [-0.39, 0.29) is 11.3 Å². The average Bonchev–Trinajstić information content (AvgIpc) is 3.10. The fourth-order valence-corrected chi connectivity index (χ4v) is 3.44. The molecule has 1 amide bonds. The molecule has 3 rings (SSSR count). The van der Waals surface area contributed by atoms with Gasteiger partial charge in [0.1, 0.15) is 11.6 Å². The Morgan fingerprint density at radius 2 is 1.89 bits per heavy atom. The van der Waals surface area contributed by atoms with Crippen LogP contribution in [0.15, 0.2) is 29.8 Å². The number of aliphatic hydroxyl groups excluding tert-OH is 1. The molecule has 1 aromatic carbocycles. The number of hydrogen-bond donors (Lipinski definition) is 2. The molecule has 2 heterocycles. The molecule has 0 spiro atoms. The highest BCUT2D eigenvalue weighted by atomic mass is 19.1. The molecule has 148 valence electrons. The zero-order valence-corrected chi connectivity index (χ0v) is 16.3. The zero-order valence-electron chi connectivity index (χ0n) is 16.3. The standard InChI is InChI=1S/C20H23FN4O3/c1-11-15(12(2)23-22-11)18(26)16-17(13-5-7-14(21)8-6-13)25(10-9-24(3)4)20(28)19(16)27/h5-8,17,26H,9-10H2,1-4H3,(H,22,23)/b18-16+/t17-/m0/s1. The lowest BCUT2D eigenvalue weighted by molar-refractivity contribution is -0.140. The molecule has 1 atom stereocenters. The first-order valence-electron chi connectivity index (χ1n) is 8.93. The number of likely N-dealkylation sites (N-methyl/N-ethyl adjacent to an activating group) is 1. The first-order valence-corrected chi connectivity index (χ1v) is 8.93. The van der Waals surface area contributed by atoms with E-state index in [1.54, 1.807) is 13.8 Å². The van der Waals surface area contributed by atoms with Crippen molar-refractivity contribution in [2.24, 2.45) is 0 Å². The number of carbonyl (C=O) groups excluding carboxylic acids is 2. The fraction of sp³-hybridized carbons (Fsp3) is 0.350. The summed E-state index contributed by atoms with van der Waals surface area (Å²) >= 11 is 0. The van der Waals surface area contributed by atoms with Gasteiger partial charge in [-0.05, 0) is 45.6 Å². The number of hydrogen-bond acceptors (Lipinski definition) is 5. The average molecular weight is 386 g/mol. The third-order valence-corrected chi connectivity index (χ3v) is 4.88. The minimum Gasteiger partial charge on any atom is -0.507 e. The molecule has 1 saturated heterocycles. The summed E-state index contributed by atoms with van der Waals surface area (Å²) in [7, 11) is 3.73. The van der Waals surface area contributed by atoms with E-state index < -0.39 is 23.5 Å². The van der Waals surface area contributed by atoms with Crippen LogP contribution < -0.4 is 0 Å². The molecule has 0 radical (unpaired) electrons. The number of halogens is 1. The fourth-order valence-electron chi connectivity index (χ4n) is 3.44. The van der Waals surface area contributed by atoms with E-state index >= 15 is 0 Å². The molecule has 28 heavy (non-hydrogen) atoms. The number of aromatic nitrogens is 2. The van der Waals surface area contributed by atoms with Crippen molar-refractivity contribution in [2.45, 2.75) is 19.9 Å². The number of H-pyrrole nitrogens is 1. The first-order chi connectivity index (χ1) is 13.2. The van der Waals surface area contributed by atoms with Crippen LogP contribution in [-0.4, -0.2) is 64.0 Å². The Labute approximate surface area is 162 Å². The molecular formula is C20H23FN4O3. The summed E-state index contributed by atoms with van der Waals surface area (Å²) in [5.74, 6) is -2.14. The van der Waals surface area contributed by atoms with Crippen molar-refractivity contribution in [1.82, 2.24) is 20.0 Å². The van der Waals surface area contributed by atoms with Crippen LogP contribution in [0.3, 0.4) is 0 Å². The summed E-state index contributed by atoms with van der Waals surface area (Å²) < 4.78 is 13.4. The molecule has 2 aromatic rings. The van der Waals surface area contributed by atoms with Crippen LogP contribution >= 0.6 is 0 Å². The van der Waals surface area contributed by atoms with Crippen LogP contribution in [-0.2, 0) is 9.59 Å². The number of aliphatic hydroxyl groups is 1. The highest BCUT2D eigenvalue weighted by molar-refractivity contribution is 6.46. The van der Waals surface area contributed by atoms with Gasteiger partial charge in [0.05, 0.1) is 22.9 Å². The Balaban J connectivity index is 2.18. The van der Waals surface area contributed by atoms with Crippen molar-refractivity contribution in [3.8, 4) is 0 Å². The molecule has 0 unspecified atom stereocenters. The molecule has 0 saturated carbocycles. The molecule has 7 nitrogen and oxygen atoms in total. The zero-order chi connectivity index (χ0) is 20.6. The lowest BCUT2D eigenvalue weighted by atomic mass is 9.94. The van der Waals surface area contributed by atoms with Crippen molar-refractivity contribution < 1.29 is 19.1 Å². The van der Waals surface area contributed by atoms with Crippen molar-refractivity contribution in [3.05, 3.63) is 58.2 Å². The van der Waals surface area contributed by atoms with Gasteiger partial charge in [-0.3, -0.25) is 14.7 Å². The Kier molecular flexibility index (Phi) is 5.33. The van der Waals surface area contributed by atoms with Gasteiger partial charge in [-0.25, -0.2) is 4.39 Å². The number of rotatable bonds is 5. The van der Waals surface area contributed by atoms with Gasteiger partial charge in [0.15, 0.2) is 0 Å². The number of carbonyl (C=O) groups is 2. The van der Waals surface area contributed by atoms with Crippen LogP contribution in [0.5, 0.6) is 0 Å². The monoisotopic (exact) mass is 386 g/mol. The van der Waals surface area contributed by atoms with Crippen molar-refractivity contribution >= 4 is 17.4 Å². The van der Waals surface area contributed by atoms with E-state index in [9.17, 15) is 19.1 Å². The quantitative estimate of drug-likeness (QED) is 0.467. The van der Waals surface area contributed by atoms with Crippen LogP contribution in [0, 0.1) is 19.7 Å². The number of aryl methyl sites for hydroxylation is 2. The van der Waals surface area contributed by atoms with Gasteiger partial charge in [0.2, 0.25) is 0 Å². The van der Waals surface area contributed by atoms with Gasteiger partial charge < -0.3 is 14.9 Å². The van der Waals surface area contributed by atoms with Crippen molar-refractivity contribution in [3.63, 3.8) is 0 Å². The molecule has 2 N–H and O–H groups in total. The number of nitrogens with zero attached hydrogens (tertiary/aromatic N) is 3. The smallest absolute Gasteiger partial charge is 0.295 e. The summed E-state index contributed by atoms with van der Waals surface area (Å²) in [6.45, 7) is 4.26. The number of nitrogens with one attached hydrogen (secondary N) is 1. The van der Waals surface area contributed by atoms with Crippen LogP contribution in [0.25, 0.3) is 5.76 Å². The van der Waals surface area contributed by atoms with Gasteiger partial charge in [-0.15, -0.1) is 0 Å². The molecule has 0 bridgehead atoms. The van der Waals surface area contributed by atoms with E-state index in [0.29, 0.717) is 35.6 Å². The summed E-state index contributed by atoms with van der Waals surface area (Å²) in [5, 5.41) is 17.8. The first kappa shape index (κ1) is 19.8. The van der Waals surface area contributed by atoms with Gasteiger partial charge in [0.25, 0.3) is 11.7 Å². The summed E-state index contributed by atoms with van der Waals surface area (Å²) in [6.07, 6.45) is 0. The minimum absolute atomic E-state index is 0.0111. The lowest BCUT2D eigenvalue weighted by Crippen LogP contribution is -2.35. The number of likely N-dealkylation sites (tertiary alicyclic amines) is 1. The van der Waals surface area contributed by atoms with Crippen LogP contribution in [0.4, 0.5) is 4.39 Å². The Bertz CT molecular complexity index is 927. The molecule has 1 aliphatic heterocycles. The normalized spacial score (nSPS) is 19.1. The second kappa shape index (κ2) is 7.55. The van der Waals surface area contributed by atoms with E-state index in [1.165, 1.54) is 29.2 Å². The maximum Gasteiger partial charge on any atom is 0.295 e. The number of aromatic amines is 1. The predicted molar refractivity (Wildman–Crippen MR) is 102 cm³/mol. The van der Waals surface area contributed by atoms with E-state index in [1.807, 2.05) is 19.0 Å². The summed E-state index contributed by atoms with van der Waals surface area (Å²) in [5.41, 5.74) is 2.06. The third-order valence-electron chi connectivity index (χ3n) is 4.88. The minimum atomic E-state index is -0.797. The number of Topliss-reactive ketones (excluding diaryl/α,β-unsaturated/α-hetero) is 1. The molecule has 1 aromatic heterocycles. The van der Waals surface area contributed by atoms with E-state index in [0.717, 1.165) is 0 Å².